The van der Waals surface area contributed by atoms with Crippen LogP contribution in [0.2, 0.25) is 0 Å². The maximum Gasteiger partial charge on any atom is 0.198 e. The van der Waals surface area contributed by atoms with Crippen LogP contribution < -0.4 is 0 Å². The van der Waals surface area contributed by atoms with E-state index in [1.807, 2.05) is 6.07 Å². The maximum atomic E-state index is 11.9. The summed E-state index contributed by atoms with van der Waals surface area (Å²) >= 11 is 1.64. The average Bonchev–Trinajstić information content (AvgIpc) is 2.88. The largest absolute Gasteiger partial charge is 0.288 e. The zero-order valence-electron chi connectivity index (χ0n) is 8.38. The van der Waals surface area contributed by atoms with Crippen molar-refractivity contribution in [3.8, 4) is 0 Å². The highest BCUT2D eigenvalue weighted by atomic mass is 32.1. The van der Waals surface area contributed by atoms with Gasteiger partial charge in [0.2, 0.25) is 0 Å². The number of carbonyl (C=O) groups is 1. The van der Waals surface area contributed by atoms with E-state index >= 15 is 0 Å². The van der Waals surface area contributed by atoms with Crippen molar-refractivity contribution < 1.29 is 4.79 Å². The first-order valence-corrected chi connectivity index (χ1v) is 5.95. The van der Waals surface area contributed by atoms with Crippen molar-refractivity contribution in [1.82, 2.24) is 0 Å². The van der Waals surface area contributed by atoms with Gasteiger partial charge in [-0.05, 0) is 43.4 Å². The van der Waals surface area contributed by atoms with Gasteiger partial charge in [0, 0.05) is 4.88 Å². The topological polar surface area (TPSA) is 17.1 Å². The summed E-state index contributed by atoms with van der Waals surface area (Å²) in [4.78, 5) is 14.1. The van der Waals surface area contributed by atoms with Crippen LogP contribution in [0.5, 0.6) is 0 Å². The van der Waals surface area contributed by atoms with E-state index < -0.39 is 0 Å². The van der Waals surface area contributed by atoms with E-state index in [2.05, 4.69) is 19.1 Å². The quantitative estimate of drug-likeness (QED) is 0.690. The first-order valence-electron chi connectivity index (χ1n) is 5.13. The Morgan fingerprint density at radius 3 is 2.93 bits per heavy atom. The molecule has 0 saturated heterocycles. The number of hydrogen-bond donors (Lipinski definition) is 0. The van der Waals surface area contributed by atoms with Crippen molar-refractivity contribution in [3.05, 3.63) is 33.5 Å². The molecule has 0 bridgehead atoms. The molecule has 0 radical (unpaired) electrons. The molecule has 1 heterocycles. The molecular weight excluding hydrogens is 192 g/mol. The number of thiophene rings is 1. The van der Waals surface area contributed by atoms with Gasteiger partial charge in [-0.3, -0.25) is 4.79 Å². The highest BCUT2D eigenvalue weighted by molar-refractivity contribution is 7.14. The number of rotatable bonds is 3. The summed E-state index contributed by atoms with van der Waals surface area (Å²) in [6.45, 7) is 2.12. The highest BCUT2D eigenvalue weighted by Gasteiger charge is 2.16. The van der Waals surface area contributed by atoms with E-state index in [0.29, 0.717) is 0 Å². The van der Waals surface area contributed by atoms with Crippen molar-refractivity contribution in [2.75, 3.05) is 0 Å². The summed E-state index contributed by atoms with van der Waals surface area (Å²) in [5.74, 6) is 0.257. The molecule has 0 atom stereocenters. The third-order valence-corrected chi connectivity index (χ3v) is 3.79. The minimum absolute atomic E-state index is 0.257. The van der Waals surface area contributed by atoms with Crippen LogP contribution in [0.15, 0.2) is 23.8 Å². The van der Waals surface area contributed by atoms with E-state index in [1.165, 1.54) is 4.88 Å². The first kappa shape index (κ1) is 9.66. The van der Waals surface area contributed by atoms with E-state index in [4.69, 9.17) is 0 Å². The van der Waals surface area contributed by atoms with Crippen molar-refractivity contribution in [2.45, 2.75) is 32.6 Å². The smallest absolute Gasteiger partial charge is 0.198 e. The zero-order chi connectivity index (χ0) is 9.97. The standard InChI is InChI=1S/C12H14OS/c1-2-10-7-8-11(14-10)12(13)9-5-3-4-6-9/h5,7-8H,2-4,6H2,1H3. The highest BCUT2D eigenvalue weighted by Crippen LogP contribution is 2.25. The molecule has 0 unspecified atom stereocenters. The summed E-state index contributed by atoms with van der Waals surface area (Å²) in [6.07, 6.45) is 6.31. The Bertz CT molecular complexity index is 373. The van der Waals surface area contributed by atoms with Crippen LogP contribution in [0.1, 0.15) is 40.7 Å². The molecule has 0 aliphatic heterocycles. The Labute approximate surface area is 88.5 Å². The minimum atomic E-state index is 0.257. The zero-order valence-corrected chi connectivity index (χ0v) is 9.19. The number of ketones is 1. The lowest BCUT2D eigenvalue weighted by Gasteiger charge is -1.96. The van der Waals surface area contributed by atoms with Crippen LogP contribution in [0.25, 0.3) is 0 Å². The number of Topliss-reactive ketones (excluding diaryl/α,β-unsaturated/α-hetero) is 1. The van der Waals surface area contributed by atoms with Gasteiger partial charge >= 0.3 is 0 Å². The summed E-state index contributed by atoms with van der Waals surface area (Å²) in [5.41, 5.74) is 1.02. The molecule has 0 aromatic carbocycles. The second-order valence-corrected chi connectivity index (χ2v) is 4.74. The third kappa shape index (κ3) is 1.80. The lowest BCUT2D eigenvalue weighted by molar-refractivity contribution is 0.103. The van der Waals surface area contributed by atoms with Crippen LogP contribution in [0.4, 0.5) is 0 Å². The average molecular weight is 206 g/mol. The van der Waals surface area contributed by atoms with Crippen LogP contribution >= 0.6 is 11.3 Å². The van der Waals surface area contributed by atoms with Gasteiger partial charge in [-0.2, -0.15) is 0 Å². The number of allylic oxidation sites excluding steroid dienone is 2. The maximum absolute atomic E-state index is 11.9. The Kier molecular flexibility index (Phi) is 2.82. The molecule has 0 N–H and O–H groups in total. The SMILES string of the molecule is CCc1ccc(C(=O)C2=CCCC2)s1. The van der Waals surface area contributed by atoms with Gasteiger partial charge in [0.25, 0.3) is 0 Å². The van der Waals surface area contributed by atoms with Crippen LogP contribution in [0.3, 0.4) is 0 Å². The minimum Gasteiger partial charge on any atom is -0.288 e. The lowest BCUT2D eigenvalue weighted by atomic mass is 10.1. The molecule has 0 saturated carbocycles. The lowest BCUT2D eigenvalue weighted by Crippen LogP contribution is -1.97. The molecule has 14 heavy (non-hydrogen) atoms. The van der Waals surface area contributed by atoms with Gasteiger partial charge in [-0.1, -0.05) is 13.0 Å². The monoisotopic (exact) mass is 206 g/mol. The van der Waals surface area contributed by atoms with Crippen LogP contribution in [-0.2, 0) is 6.42 Å². The van der Waals surface area contributed by atoms with E-state index in [-0.39, 0.29) is 5.78 Å². The Morgan fingerprint density at radius 2 is 2.36 bits per heavy atom. The Hall–Kier alpha value is -0.890. The molecular formula is C12H14OS. The van der Waals surface area contributed by atoms with Gasteiger partial charge < -0.3 is 0 Å². The van der Waals surface area contributed by atoms with Gasteiger partial charge in [0.1, 0.15) is 0 Å². The predicted octanol–water partition coefficient (Wildman–Crippen LogP) is 3.60. The second-order valence-electron chi connectivity index (χ2n) is 3.57. The van der Waals surface area contributed by atoms with Crippen LogP contribution in [-0.4, -0.2) is 5.78 Å². The summed E-state index contributed by atoms with van der Waals surface area (Å²) in [7, 11) is 0. The number of carbonyl (C=O) groups excluding carboxylic acids is 1. The molecule has 74 valence electrons. The van der Waals surface area contributed by atoms with Crippen molar-refractivity contribution in [1.29, 1.82) is 0 Å². The molecule has 2 heteroatoms. The van der Waals surface area contributed by atoms with Gasteiger partial charge in [-0.15, -0.1) is 11.3 Å². The molecule has 0 fully saturated rings. The molecule has 0 amide bonds. The van der Waals surface area contributed by atoms with Gasteiger partial charge in [0.15, 0.2) is 5.78 Å². The fourth-order valence-corrected chi connectivity index (χ4v) is 2.65. The normalized spacial score (nSPS) is 15.6. The Balaban J connectivity index is 2.18. The summed E-state index contributed by atoms with van der Waals surface area (Å²) < 4.78 is 0. The molecule has 1 aromatic rings. The number of aryl methyl sites for hydroxylation is 1. The molecule has 1 nitrogen and oxygen atoms in total. The summed E-state index contributed by atoms with van der Waals surface area (Å²) in [5, 5.41) is 0. The molecule has 1 aliphatic carbocycles. The van der Waals surface area contributed by atoms with E-state index in [0.717, 1.165) is 36.1 Å². The molecule has 2 rings (SSSR count). The predicted molar refractivity (Wildman–Crippen MR) is 60.0 cm³/mol. The fraction of sp³-hybridized carbons (Fsp3) is 0.417. The first-order chi connectivity index (χ1) is 6.81. The van der Waals surface area contributed by atoms with Gasteiger partial charge in [0.05, 0.1) is 4.88 Å². The Morgan fingerprint density at radius 1 is 1.50 bits per heavy atom. The summed E-state index contributed by atoms with van der Waals surface area (Å²) in [6, 6.07) is 4.03. The second kappa shape index (κ2) is 4.09. The third-order valence-electron chi connectivity index (χ3n) is 2.57. The van der Waals surface area contributed by atoms with E-state index in [9.17, 15) is 4.79 Å². The molecule has 1 aromatic heterocycles. The van der Waals surface area contributed by atoms with Crippen LogP contribution in [0, 0.1) is 0 Å². The van der Waals surface area contributed by atoms with Crippen molar-refractivity contribution >= 4 is 17.1 Å². The number of hydrogen-bond acceptors (Lipinski definition) is 2. The van der Waals surface area contributed by atoms with Gasteiger partial charge in [-0.25, -0.2) is 0 Å². The molecule has 0 spiro atoms. The van der Waals surface area contributed by atoms with Crippen molar-refractivity contribution in [3.63, 3.8) is 0 Å². The van der Waals surface area contributed by atoms with Crippen molar-refractivity contribution in [2.24, 2.45) is 0 Å². The van der Waals surface area contributed by atoms with E-state index in [1.54, 1.807) is 11.3 Å². The molecule has 1 aliphatic rings. The fourth-order valence-electron chi connectivity index (χ4n) is 1.73.